The van der Waals surface area contributed by atoms with Crippen LogP contribution in [-0.2, 0) is 0 Å². The lowest BCUT2D eigenvalue weighted by Gasteiger charge is -2.29. The van der Waals surface area contributed by atoms with Gasteiger partial charge in [-0.3, -0.25) is 0 Å². The van der Waals surface area contributed by atoms with Crippen LogP contribution in [0.5, 0.6) is 5.75 Å². The van der Waals surface area contributed by atoms with Gasteiger partial charge in [0.1, 0.15) is 5.75 Å². The fraction of sp³-hybridized carbons (Fsp3) is 0.600. The van der Waals surface area contributed by atoms with Crippen LogP contribution in [-0.4, -0.2) is 23.9 Å². The highest BCUT2D eigenvalue weighted by Crippen LogP contribution is 2.23. The van der Waals surface area contributed by atoms with Crippen LogP contribution in [0.1, 0.15) is 39.0 Å². The van der Waals surface area contributed by atoms with Crippen LogP contribution < -0.4 is 10.1 Å². The quantitative estimate of drug-likeness (QED) is 0.842. The van der Waals surface area contributed by atoms with E-state index in [0.29, 0.717) is 0 Å². The van der Waals surface area contributed by atoms with Crippen molar-refractivity contribution in [3.63, 3.8) is 0 Å². The van der Waals surface area contributed by atoms with E-state index in [0.717, 1.165) is 43.7 Å². The van der Waals surface area contributed by atoms with Gasteiger partial charge in [-0.2, -0.15) is 0 Å². The Morgan fingerprint density at radius 1 is 1.22 bits per heavy atom. The van der Waals surface area contributed by atoms with Crippen LogP contribution in [0.2, 0.25) is 0 Å². The highest BCUT2D eigenvalue weighted by Gasteiger charge is 2.22. The number of rotatable bonds is 5. The molecule has 0 heterocycles. The Balaban J connectivity index is 1.89. The van der Waals surface area contributed by atoms with E-state index in [2.05, 4.69) is 12.2 Å². The maximum atomic E-state index is 9.91. The first-order chi connectivity index (χ1) is 8.79. The molecule has 18 heavy (non-hydrogen) atoms. The molecule has 3 heteroatoms. The minimum atomic E-state index is -0.213. The summed E-state index contributed by atoms with van der Waals surface area (Å²) in [7, 11) is 0. The summed E-state index contributed by atoms with van der Waals surface area (Å²) in [6.45, 7) is 2.86. The first-order valence-electron chi connectivity index (χ1n) is 6.97. The van der Waals surface area contributed by atoms with Gasteiger partial charge in [0, 0.05) is 5.69 Å². The fourth-order valence-electron chi connectivity index (χ4n) is 2.36. The summed E-state index contributed by atoms with van der Waals surface area (Å²) < 4.78 is 5.54. The van der Waals surface area contributed by atoms with Gasteiger partial charge in [0.2, 0.25) is 0 Å². The summed E-state index contributed by atoms with van der Waals surface area (Å²) in [4.78, 5) is 0. The van der Waals surface area contributed by atoms with Gasteiger partial charge in [0.25, 0.3) is 0 Å². The standard InChI is InChI=1S/C15H23NO2/c1-2-11-18-13-9-7-12(8-10-13)16-14-5-3-4-6-15(14)17/h7-10,14-17H,2-6,11H2,1H3. The number of hydrogen-bond acceptors (Lipinski definition) is 3. The van der Waals surface area contributed by atoms with E-state index >= 15 is 0 Å². The van der Waals surface area contributed by atoms with E-state index in [1.54, 1.807) is 0 Å². The molecule has 2 atom stereocenters. The van der Waals surface area contributed by atoms with Crippen LogP contribution in [0.4, 0.5) is 5.69 Å². The van der Waals surface area contributed by atoms with E-state index in [1.165, 1.54) is 6.42 Å². The second-order valence-electron chi connectivity index (χ2n) is 4.98. The van der Waals surface area contributed by atoms with Crippen molar-refractivity contribution in [3.8, 4) is 5.75 Å². The molecule has 1 aliphatic carbocycles. The molecule has 0 bridgehead atoms. The minimum Gasteiger partial charge on any atom is -0.494 e. The Morgan fingerprint density at radius 2 is 1.94 bits per heavy atom. The van der Waals surface area contributed by atoms with E-state index in [-0.39, 0.29) is 12.1 Å². The predicted molar refractivity (Wildman–Crippen MR) is 74.1 cm³/mol. The van der Waals surface area contributed by atoms with Crippen molar-refractivity contribution in [1.29, 1.82) is 0 Å². The van der Waals surface area contributed by atoms with Gasteiger partial charge in [-0.15, -0.1) is 0 Å². The maximum absolute atomic E-state index is 9.91. The van der Waals surface area contributed by atoms with Gasteiger partial charge >= 0.3 is 0 Å². The summed E-state index contributed by atoms with van der Waals surface area (Å²) >= 11 is 0. The Labute approximate surface area is 109 Å². The van der Waals surface area contributed by atoms with Gasteiger partial charge in [0.15, 0.2) is 0 Å². The monoisotopic (exact) mass is 249 g/mol. The zero-order chi connectivity index (χ0) is 12.8. The molecule has 3 nitrogen and oxygen atoms in total. The fourth-order valence-corrected chi connectivity index (χ4v) is 2.36. The molecule has 0 aromatic heterocycles. The SMILES string of the molecule is CCCOc1ccc(NC2CCCCC2O)cc1. The highest BCUT2D eigenvalue weighted by molar-refractivity contribution is 5.47. The van der Waals surface area contributed by atoms with Crippen molar-refractivity contribution in [2.75, 3.05) is 11.9 Å². The number of nitrogens with one attached hydrogen (secondary N) is 1. The average molecular weight is 249 g/mol. The molecule has 0 saturated heterocycles. The van der Waals surface area contributed by atoms with Gasteiger partial charge in [0.05, 0.1) is 18.8 Å². The molecule has 100 valence electrons. The van der Waals surface area contributed by atoms with Gasteiger partial charge in [-0.25, -0.2) is 0 Å². The van der Waals surface area contributed by atoms with Crippen molar-refractivity contribution in [1.82, 2.24) is 0 Å². The van der Waals surface area contributed by atoms with E-state index in [4.69, 9.17) is 4.74 Å². The third-order valence-corrected chi connectivity index (χ3v) is 3.41. The summed E-state index contributed by atoms with van der Waals surface area (Å²) in [6, 6.07) is 8.19. The molecule has 2 N–H and O–H groups in total. The van der Waals surface area contributed by atoms with Crippen LogP contribution >= 0.6 is 0 Å². The summed E-state index contributed by atoms with van der Waals surface area (Å²) in [5, 5.41) is 13.3. The second-order valence-corrected chi connectivity index (χ2v) is 4.98. The highest BCUT2D eigenvalue weighted by atomic mass is 16.5. The third-order valence-electron chi connectivity index (χ3n) is 3.41. The third kappa shape index (κ3) is 3.64. The van der Waals surface area contributed by atoms with E-state index in [9.17, 15) is 5.11 Å². The summed E-state index contributed by atoms with van der Waals surface area (Å²) in [6.07, 6.45) is 5.11. The number of benzene rings is 1. The lowest BCUT2D eigenvalue weighted by Crippen LogP contribution is -2.36. The minimum absolute atomic E-state index is 0.196. The van der Waals surface area contributed by atoms with E-state index < -0.39 is 0 Å². The zero-order valence-corrected chi connectivity index (χ0v) is 11.1. The van der Waals surface area contributed by atoms with Crippen molar-refractivity contribution in [3.05, 3.63) is 24.3 Å². The van der Waals surface area contributed by atoms with Crippen molar-refractivity contribution in [2.24, 2.45) is 0 Å². The lowest BCUT2D eigenvalue weighted by molar-refractivity contribution is 0.116. The van der Waals surface area contributed by atoms with Crippen molar-refractivity contribution >= 4 is 5.69 Å². The molecule has 0 radical (unpaired) electrons. The Bertz CT molecular complexity index is 350. The normalized spacial score (nSPS) is 23.7. The van der Waals surface area contributed by atoms with Gasteiger partial charge in [-0.05, 0) is 43.5 Å². The zero-order valence-electron chi connectivity index (χ0n) is 11.1. The molecule has 0 spiro atoms. The number of aliphatic hydroxyl groups is 1. The first-order valence-corrected chi connectivity index (χ1v) is 6.97. The Hall–Kier alpha value is -1.22. The number of aliphatic hydroxyl groups excluding tert-OH is 1. The van der Waals surface area contributed by atoms with E-state index in [1.807, 2.05) is 24.3 Å². The van der Waals surface area contributed by atoms with Crippen LogP contribution in [0.3, 0.4) is 0 Å². The molecule has 1 aromatic carbocycles. The average Bonchev–Trinajstić information content (AvgIpc) is 2.41. The van der Waals surface area contributed by atoms with Crippen LogP contribution in [0, 0.1) is 0 Å². The largest absolute Gasteiger partial charge is 0.494 e. The Kier molecular flexibility index (Phi) is 4.88. The predicted octanol–water partition coefficient (Wildman–Crippen LogP) is 3.19. The number of anilines is 1. The maximum Gasteiger partial charge on any atom is 0.119 e. The molecular formula is C15H23NO2. The van der Waals surface area contributed by atoms with Crippen molar-refractivity contribution < 1.29 is 9.84 Å². The second kappa shape index (κ2) is 6.64. The van der Waals surface area contributed by atoms with Crippen LogP contribution in [0.15, 0.2) is 24.3 Å². The van der Waals surface area contributed by atoms with Gasteiger partial charge in [-0.1, -0.05) is 19.8 Å². The molecule has 1 fully saturated rings. The molecule has 2 unspecified atom stereocenters. The van der Waals surface area contributed by atoms with Crippen LogP contribution in [0.25, 0.3) is 0 Å². The van der Waals surface area contributed by atoms with Gasteiger partial charge < -0.3 is 15.2 Å². The molecule has 1 aromatic rings. The summed E-state index contributed by atoms with van der Waals surface area (Å²) in [5.41, 5.74) is 1.06. The Morgan fingerprint density at radius 3 is 2.61 bits per heavy atom. The molecule has 0 amide bonds. The number of ether oxygens (including phenoxy) is 1. The van der Waals surface area contributed by atoms with Crippen molar-refractivity contribution in [2.45, 2.75) is 51.2 Å². The number of hydrogen-bond donors (Lipinski definition) is 2. The first kappa shape index (κ1) is 13.2. The lowest BCUT2D eigenvalue weighted by atomic mass is 9.92. The topological polar surface area (TPSA) is 41.5 Å². The molecular weight excluding hydrogens is 226 g/mol. The molecule has 2 rings (SSSR count). The molecule has 1 aliphatic rings. The summed E-state index contributed by atoms with van der Waals surface area (Å²) in [5.74, 6) is 0.909. The smallest absolute Gasteiger partial charge is 0.119 e. The molecule has 1 saturated carbocycles. The molecule has 0 aliphatic heterocycles.